The van der Waals surface area contributed by atoms with Crippen LogP contribution in [0.5, 0.6) is 0 Å². The van der Waals surface area contributed by atoms with Crippen LogP contribution < -0.4 is 32.7 Å². The molecule has 21 nitrogen and oxygen atoms in total. The molecule has 1 unspecified atom stereocenters. The molecule has 7 N–H and O–H groups in total. The highest BCUT2D eigenvalue weighted by Gasteiger charge is 2.48. The number of piperidine rings is 2. The topological polar surface area (TPSA) is 285 Å². The number of alkyl halides is 6. The first-order chi connectivity index (χ1) is 37.8. The maximum Gasteiger partial charge on any atom is 0.490 e. The summed E-state index contributed by atoms with van der Waals surface area (Å²) in [5.74, 6) is -9.51. The number of benzene rings is 3. The van der Waals surface area contributed by atoms with Crippen molar-refractivity contribution in [3.63, 3.8) is 0 Å². The van der Waals surface area contributed by atoms with Gasteiger partial charge < -0.3 is 41.5 Å². The molecule has 0 radical (unpaired) electrons. The van der Waals surface area contributed by atoms with E-state index in [9.17, 15) is 69.5 Å². The Bertz CT molecular complexity index is 3000. The van der Waals surface area contributed by atoms with E-state index in [0.717, 1.165) is 34.4 Å². The van der Waals surface area contributed by atoms with Crippen LogP contribution in [0.1, 0.15) is 98.9 Å². The number of amides is 8. The summed E-state index contributed by atoms with van der Waals surface area (Å²) in [6.45, 7) is 0.974. The molecule has 0 saturated carbocycles. The Kier molecular flexibility index (Phi) is 18.9. The number of nitrogens with one attached hydrogen (secondary N) is 4. The van der Waals surface area contributed by atoms with E-state index in [0.29, 0.717) is 30.7 Å². The van der Waals surface area contributed by atoms with E-state index in [1.54, 1.807) is 36.6 Å². The number of imide groups is 1. The van der Waals surface area contributed by atoms with Gasteiger partial charge in [0.15, 0.2) is 0 Å². The van der Waals surface area contributed by atoms with Crippen molar-refractivity contribution in [3.05, 3.63) is 106 Å². The molecule has 27 heteroatoms. The highest BCUT2D eigenvalue weighted by Crippen LogP contribution is 2.33. The largest absolute Gasteiger partial charge is 0.490 e. The Balaban J connectivity index is 0.00000124. The smallest absolute Gasteiger partial charge is 0.475 e. The number of nitrogens with two attached hydrogens (primary N) is 1. The molecular weight excluding hydrogens is 1070 g/mol. The molecule has 8 rings (SSSR count). The molecule has 5 heterocycles. The summed E-state index contributed by atoms with van der Waals surface area (Å²) < 4.78 is 75.9. The molecule has 4 aliphatic heterocycles. The maximum absolute atomic E-state index is 14.4. The van der Waals surface area contributed by atoms with Gasteiger partial charge in [0, 0.05) is 52.0 Å². The molecular formula is C53H60F6N10O11. The Morgan fingerprint density at radius 3 is 1.96 bits per heavy atom. The Hall–Kier alpha value is -8.10. The molecule has 0 spiro atoms. The SMILES string of the molecule is Cn1c(=O)n(C2CCC(=O)NC2=O)c2ccc(C3CCN(CCC(=O)N4CC[C@H]5CC[C@@H](C(=O)N[C@@H](CCC(N)=O)C(=O)NC(c6ccccc6)c6ccccc6)N5C(=O)[C@@H](NC(=O)C(F)(F)F)C4)CC3)cc21.O=C(O)C(F)(F)F. The van der Waals surface area contributed by atoms with Gasteiger partial charge in [-0.3, -0.25) is 52.8 Å². The van der Waals surface area contributed by atoms with Crippen LogP contribution in [0, 0.1) is 0 Å². The number of carbonyl (C=O) groups is 9. The predicted molar refractivity (Wildman–Crippen MR) is 271 cm³/mol. The van der Waals surface area contributed by atoms with Crippen LogP contribution in [0.25, 0.3) is 11.0 Å². The van der Waals surface area contributed by atoms with E-state index in [4.69, 9.17) is 15.6 Å². The lowest BCUT2D eigenvalue weighted by Crippen LogP contribution is -2.63. The zero-order valence-corrected chi connectivity index (χ0v) is 43.3. The van der Waals surface area contributed by atoms with Crippen molar-refractivity contribution in [1.29, 1.82) is 0 Å². The summed E-state index contributed by atoms with van der Waals surface area (Å²) >= 11 is 0. The lowest BCUT2D eigenvalue weighted by Gasteiger charge is -2.39. The summed E-state index contributed by atoms with van der Waals surface area (Å²) in [6, 6.07) is 17.2. The van der Waals surface area contributed by atoms with Crippen LogP contribution in [-0.2, 0) is 50.2 Å². The zero-order chi connectivity index (χ0) is 58.2. The fourth-order valence-electron chi connectivity index (χ4n) is 10.7. The van der Waals surface area contributed by atoms with Crippen LogP contribution in [0.15, 0.2) is 83.7 Å². The molecule has 4 saturated heterocycles. The third kappa shape index (κ3) is 14.4. The zero-order valence-electron chi connectivity index (χ0n) is 43.3. The van der Waals surface area contributed by atoms with E-state index < -0.39 is 102 Å². The van der Waals surface area contributed by atoms with Gasteiger partial charge in [-0.2, -0.15) is 26.3 Å². The molecule has 1 aromatic heterocycles. The number of fused-ring (bicyclic) bond motifs is 2. The molecule has 4 aromatic rings. The molecule has 5 atom stereocenters. The third-order valence-corrected chi connectivity index (χ3v) is 14.9. The van der Waals surface area contributed by atoms with Gasteiger partial charge in [0.25, 0.3) is 0 Å². The molecule has 4 fully saturated rings. The van der Waals surface area contributed by atoms with Gasteiger partial charge in [0.2, 0.25) is 41.4 Å². The molecule has 8 amide bonds. The van der Waals surface area contributed by atoms with Crippen molar-refractivity contribution in [2.24, 2.45) is 12.8 Å². The maximum atomic E-state index is 14.4. The number of hydrogen-bond donors (Lipinski definition) is 6. The monoisotopic (exact) mass is 1130 g/mol. The number of primary amides is 1. The van der Waals surface area contributed by atoms with Crippen molar-refractivity contribution in [2.45, 2.75) is 119 Å². The molecule has 430 valence electrons. The number of carboxylic acids is 1. The summed E-state index contributed by atoms with van der Waals surface area (Å²) in [4.78, 5) is 132. The van der Waals surface area contributed by atoms with Crippen LogP contribution in [0.3, 0.4) is 0 Å². The van der Waals surface area contributed by atoms with Gasteiger partial charge in [-0.1, -0.05) is 66.7 Å². The second-order valence-corrected chi connectivity index (χ2v) is 20.1. The first-order valence-electron chi connectivity index (χ1n) is 25.9. The fourth-order valence-corrected chi connectivity index (χ4v) is 10.7. The number of aryl methyl sites for hydroxylation is 1. The van der Waals surface area contributed by atoms with E-state index in [2.05, 4.69) is 20.9 Å². The van der Waals surface area contributed by atoms with Crippen LogP contribution in [0.2, 0.25) is 0 Å². The van der Waals surface area contributed by atoms with Crippen molar-refractivity contribution in [1.82, 2.24) is 45.1 Å². The summed E-state index contributed by atoms with van der Waals surface area (Å²) in [6.07, 6.45) is -8.69. The van der Waals surface area contributed by atoms with E-state index >= 15 is 0 Å². The minimum atomic E-state index is -5.37. The average Bonchev–Trinajstić information content (AvgIpc) is 4.07. The number of imidazole rings is 1. The Labute approximate surface area is 453 Å². The average molecular weight is 1130 g/mol. The van der Waals surface area contributed by atoms with E-state index in [1.807, 2.05) is 54.6 Å². The first kappa shape index (κ1) is 59.6. The predicted octanol–water partition coefficient (Wildman–Crippen LogP) is 2.82. The number of aromatic nitrogens is 2. The fraction of sp³-hybridized carbons (Fsp3) is 0.472. The highest BCUT2D eigenvalue weighted by atomic mass is 19.4. The van der Waals surface area contributed by atoms with Crippen LogP contribution in [-0.4, -0.2) is 151 Å². The van der Waals surface area contributed by atoms with Gasteiger partial charge >= 0.3 is 29.9 Å². The number of halogens is 6. The molecule has 0 aliphatic carbocycles. The van der Waals surface area contributed by atoms with Crippen LogP contribution in [0.4, 0.5) is 26.3 Å². The van der Waals surface area contributed by atoms with Crippen molar-refractivity contribution < 1.29 is 74.6 Å². The number of aliphatic carboxylic acids is 1. The van der Waals surface area contributed by atoms with E-state index in [1.165, 1.54) is 14.0 Å². The molecule has 4 aliphatic rings. The number of rotatable bonds is 15. The van der Waals surface area contributed by atoms with Gasteiger partial charge in [0.1, 0.15) is 24.2 Å². The molecule has 3 aromatic carbocycles. The van der Waals surface area contributed by atoms with Crippen molar-refractivity contribution in [2.75, 3.05) is 32.7 Å². The second-order valence-electron chi connectivity index (χ2n) is 20.1. The number of hydrogen-bond acceptors (Lipinski definition) is 11. The quantitative estimate of drug-likeness (QED) is 0.0741. The normalized spacial score (nSPS) is 20.6. The number of carboxylic acid groups (broad SMARTS) is 1. The minimum absolute atomic E-state index is 0.0162. The first-order valence-corrected chi connectivity index (χ1v) is 25.9. The highest BCUT2D eigenvalue weighted by molar-refractivity contribution is 6.00. The number of nitrogens with zero attached hydrogens (tertiary/aromatic N) is 5. The van der Waals surface area contributed by atoms with Crippen LogP contribution >= 0.6 is 0 Å². The Morgan fingerprint density at radius 1 is 0.762 bits per heavy atom. The number of carbonyl (C=O) groups excluding carboxylic acids is 8. The van der Waals surface area contributed by atoms with Gasteiger partial charge in [0.05, 0.1) is 17.1 Å². The van der Waals surface area contributed by atoms with Crippen molar-refractivity contribution in [3.8, 4) is 0 Å². The summed E-state index contributed by atoms with van der Waals surface area (Å²) in [7, 11) is 1.63. The van der Waals surface area contributed by atoms with Gasteiger partial charge in [-0.25, -0.2) is 9.59 Å². The summed E-state index contributed by atoms with van der Waals surface area (Å²) in [5.41, 5.74) is 8.79. The second kappa shape index (κ2) is 25.3. The molecule has 80 heavy (non-hydrogen) atoms. The standard InChI is InChI=1S/C51H59F3N10O9.C2HF3O2/c1-60-40-28-33(12-15-37(40)64(50(60)73)39-17-19-42(66)58-47(39)70)30-20-24-61(25-21-30)26-23-43(67)62-27-22-34-13-16-38(63(34)48(71)36(29-62)57-49(72)51(52,53)54)46(69)56-35(14-18-41(55)65)45(68)59-44(31-8-4-2-5-9-31)32-10-6-3-7-11-32;3-2(4,5)1(6)7/h2-12,15,28,30,34-36,38-39,44H,13-14,16-27,29H2,1H3,(H2,55,65)(H,56,69)(H,57,72)(H,59,68)(H,58,66,70);(H,6,7)/t34-,35+,36+,38+,39?;/m1./s1. The van der Waals surface area contributed by atoms with E-state index in [-0.39, 0.29) is 75.4 Å². The third-order valence-electron chi connectivity index (χ3n) is 14.9. The van der Waals surface area contributed by atoms with Crippen molar-refractivity contribution >= 4 is 64.3 Å². The van der Waals surface area contributed by atoms with Gasteiger partial charge in [-0.05, 0) is 92.8 Å². The molecule has 0 bridgehead atoms. The summed E-state index contributed by atoms with van der Waals surface area (Å²) in [5, 5.41) is 16.9. The van der Waals surface area contributed by atoms with Gasteiger partial charge in [-0.15, -0.1) is 0 Å². The minimum Gasteiger partial charge on any atom is -0.475 e. The lowest BCUT2D eigenvalue weighted by molar-refractivity contribution is -0.192. The number of likely N-dealkylation sites (tertiary alicyclic amines) is 1. The lowest BCUT2D eigenvalue weighted by atomic mass is 9.89. The Morgan fingerprint density at radius 2 is 1.39 bits per heavy atom.